The summed E-state index contributed by atoms with van der Waals surface area (Å²) in [6, 6.07) is 0. The molecule has 0 bridgehead atoms. The van der Waals surface area contributed by atoms with Crippen molar-refractivity contribution in [1.29, 1.82) is 0 Å². The third-order valence-corrected chi connectivity index (χ3v) is 4.28. The molecule has 2 fully saturated rings. The van der Waals surface area contributed by atoms with Gasteiger partial charge in [0, 0.05) is 13.2 Å². The van der Waals surface area contributed by atoms with E-state index in [0.29, 0.717) is 25.0 Å². The Kier molecular flexibility index (Phi) is 5.45. The second kappa shape index (κ2) is 7.10. The van der Waals surface area contributed by atoms with E-state index < -0.39 is 0 Å². The first-order valence-electron chi connectivity index (χ1n) is 7.38. The van der Waals surface area contributed by atoms with Crippen LogP contribution in [0.4, 0.5) is 0 Å². The van der Waals surface area contributed by atoms with Gasteiger partial charge in [0.25, 0.3) is 0 Å². The molecular formula is C14H26N2O2. The van der Waals surface area contributed by atoms with Crippen molar-refractivity contribution >= 4 is 5.91 Å². The molecule has 2 aliphatic carbocycles. The van der Waals surface area contributed by atoms with Gasteiger partial charge in [0.2, 0.25) is 5.91 Å². The minimum atomic E-state index is 0.109. The van der Waals surface area contributed by atoms with Crippen LogP contribution in [0.2, 0.25) is 0 Å². The van der Waals surface area contributed by atoms with Crippen LogP contribution in [0.15, 0.2) is 0 Å². The Bertz CT molecular complexity index is 267. The Morgan fingerprint density at radius 2 is 1.78 bits per heavy atom. The highest BCUT2D eigenvalue weighted by Gasteiger charge is 2.24. The van der Waals surface area contributed by atoms with Gasteiger partial charge in [-0.1, -0.05) is 12.8 Å². The summed E-state index contributed by atoms with van der Waals surface area (Å²) in [7, 11) is 0. The van der Waals surface area contributed by atoms with E-state index in [0.717, 1.165) is 25.4 Å². The maximum Gasteiger partial charge on any atom is 0.233 e. The van der Waals surface area contributed by atoms with Crippen molar-refractivity contribution in [1.82, 2.24) is 10.6 Å². The van der Waals surface area contributed by atoms with Gasteiger partial charge in [-0.3, -0.25) is 4.79 Å². The zero-order valence-corrected chi connectivity index (χ0v) is 11.2. The minimum absolute atomic E-state index is 0.109. The number of carbonyl (C=O) groups is 1. The van der Waals surface area contributed by atoms with E-state index >= 15 is 0 Å². The Balaban J connectivity index is 1.56. The van der Waals surface area contributed by atoms with E-state index in [2.05, 4.69) is 10.6 Å². The third kappa shape index (κ3) is 4.58. The summed E-state index contributed by atoms with van der Waals surface area (Å²) in [5.41, 5.74) is 0. The summed E-state index contributed by atoms with van der Waals surface area (Å²) in [5, 5.41) is 15.5. The van der Waals surface area contributed by atoms with Gasteiger partial charge in [0.15, 0.2) is 0 Å². The van der Waals surface area contributed by atoms with Gasteiger partial charge in [-0.15, -0.1) is 0 Å². The Hall–Kier alpha value is -0.610. The highest BCUT2D eigenvalue weighted by Crippen LogP contribution is 2.29. The fourth-order valence-corrected chi connectivity index (χ4v) is 2.81. The van der Waals surface area contributed by atoms with E-state index in [1.54, 1.807) is 0 Å². The number of hydrogen-bond acceptors (Lipinski definition) is 3. The number of amides is 1. The molecule has 0 aromatic heterocycles. The van der Waals surface area contributed by atoms with Gasteiger partial charge in [-0.05, 0) is 50.0 Å². The van der Waals surface area contributed by atoms with Crippen LogP contribution in [0.3, 0.4) is 0 Å². The average molecular weight is 254 g/mol. The van der Waals surface area contributed by atoms with E-state index in [-0.39, 0.29) is 5.91 Å². The van der Waals surface area contributed by atoms with Crippen LogP contribution in [0.25, 0.3) is 0 Å². The molecule has 0 aromatic carbocycles. The van der Waals surface area contributed by atoms with Crippen molar-refractivity contribution in [2.24, 2.45) is 17.8 Å². The second-order valence-electron chi connectivity index (χ2n) is 5.87. The molecule has 2 atom stereocenters. The number of nitrogens with one attached hydrogen (secondary N) is 2. The molecule has 0 aromatic rings. The van der Waals surface area contributed by atoms with Gasteiger partial charge in [0.05, 0.1) is 6.54 Å². The normalized spacial score (nSPS) is 28.1. The predicted octanol–water partition coefficient (Wildman–Crippen LogP) is 0.901. The SMILES string of the molecule is O=C(CNCC1CCCCC1CO)NCC1CC1. The smallest absolute Gasteiger partial charge is 0.233 e. The first kappa shape index (κ1) is 13.8. The lowest BCUT2D eigenvalue weighted by atomic mass is 9.79. The largest absolute Gasteiger partial charge is 0.396 e. The molecule has 18 heavy (non-hydrogen) atoms. The van der Waals surface area contributed by atoms with Gasteiger partial charge in [0.1, 0.15) is 0 Å². The lowest BCUT2D eigenvalue weighted by Crippen LogP contribution is -2.39. The molecule has 4 nitrogen and oxygen atoms in total. The van der Waals surface area contributed by atoms with Crippen molar-refractivity contribution < 1.29 is 9.90 Å². The average Bonchev–Trinajstić information content (AvgIpc) is 3.21. The Morgan fingerprint density at radius 3 is 2.44 bits per heavy atom. The molecule has 2 aliphatic rings. The number of carbonyl (C=O) groups excluding carboxylic acids is 1. The monoisotopic (exact) mass is 254 g/mol. The fraction of sp³-hybridized carbons (Fsp3) is 0.929. The maximum atomic E-state index is 11.5. The van der Waals surface area contributed by atoms with Gasteiger partial charge < -0.3 is 15.7 Å². The Labute approximate surface area is 110 Å². The van der Waals surface area contributed by atoms with Crippen LogP contribution in [0.5, 0.6) is 0 Å². The number of aliphatic hydroxyl groups is 1. The van der Waals surface area contributed by atoms with Crippen LogP contribution < -0.4 is 10.6 Å². The van der Waals surface area contributed by atoms with Crippen molar-refractivity contribution in [3.63, 3.8) is 0 Å². The summed E-state index contributed by atoms with van der Waals surface area (Å²) in [6.45, 7) is 2.42. The molecule has 2 saturated carbocycles. The first-order valence-corrected chi connectivity index (χ1v) is 7.38. The molecule has 0 aliphatic heterocycles. The standard InChI is InChI=1S/C14H26N2O2/c17-10-13-4-2-1-3-12(13)8-15-9-14(18)16-7-11-5-6-11/h11-13,15,17H,1-10H2,(H,16,18). The molecule has 1 amide bonds. The summed E-state index contributed by atoms with van der Waals surface area (Å²) >= 11 is 0. The van der Waals surface area contributed by atoms with Crippen LogP contribution in [-0.4, -0.2) is 37.3 Å². The van der Waals surface area contributed by atoms with Gasteiger partial charge in [-0.25, -0.2) is 0 Å². The van der Waals surface area contributed by atoms with Crippen molar-refractivity contribution in [3.05, 3.63) is 0 Å². The molecule has 0 heterocycles. The molecule has 2 unspecified atom stereocenters. The summed E-state index contributed by atoms with van der Waals surface area (Å²) in [6.07, 6.45) is 7.36. The fourth-order valence-electron chi connectivity index (χ4n) is 2.81. The lowest BCUT2D eigenvalue weighted by Gasteiger charge is -2.30. The molecule has 4 heteroatoms. The summed E-state index contributed by atoms with van der Waals surface area (Å²) < 4.78 is 0. The highest BCUT2D eigenvalue weighted by atomic mass is 16.3. The van der Waals surface area contributed by atoms with Crippen LogP contribution in [-0.2, 0) is 4.79 Å². The zero-order valence-electron chi connectivity index (χ0n) is 11.2. The van der Waals surface area contributed by atoms with Gasteiger partial charge >= 0.3 is 0 Å². The molecular weight excluding hydrogens is 228 g/mol. The molecule has 104 valence electrons. The number of hydrogen-bond donors (Lipinski definition) is 3. The quantitative estimate of drug-likeness (QED) is 0.632. The number of aliphatic hydroxyl groups excluding tert-OH is 1. The number of rotatable bonds is 7. The molecule has 0 radical (unpaired) electrons. The van der Waals surface area contributed by atoms with E-state index in [1.807, 2.05) is 0 Å². The second-order valence-corrected chi connectivity index (χ2v) is 5.87. The molecule has 2 rings (SSSR count). The van der Waals surface area contributed by atoms with Gasteiger partial charge in [-0.2, -0.15) is 0 Å². The van der Waals surface area contributed by atoms with Crippen molar-refractivity contribution in [2.45, 2.75) is 38.5 Å². The summed E-state index contributed by atoms with van der Waals surface area (Å²) in [5.74, 6) is 1.82. The van der Waals surface area contributed by atoms with Crippen LogP contribution in [0, 0.1) is 17.8 Å². The first-order chi connectivity index (χ1) is 8.79. The highest BCUT2D eigenvalue weighted by molar-refractivity contribution is 5.77. The minimum Gasteiger partial charge on any atom is -0.396 e. The van der Waals surface area contributed by atoms with Crippen LogP contribution in [0.1, 0.15) is 38.5 Å². The van der Waals surface area contributed by atoms with Crippen molar-refractivity contribution in [3.8, 4) is 0 Å². The predicted molar refractivity (Wildman–Crippen MR) is 71.1 cm³/mol. The molecule has 0 saturated heterocycles. The maximum absolute atomic E-state index is 11.5. The third-order valence-electron chi connectivity index (χ3n) is 4.28. The zero-order chi connectivity index (χ0) is 12.8. The van der Waals surface area contributed by atoms with Crippen molar-refractivity contribution in [2.75, 3.05) is 26.2 Å². The molecule has 3 N–H and O–H groups in total. The Morgan fingerprint density at radius 1 is 1.06 bits per heavy atom. The van der Waals surface area contributed by atoms with E-state index in [1.165, 1.54) is 32.1 Å². The topological polar surface area (TPSA) is 61.4 Å². The van der Waals surface area contributed by atoms with Crippen LogP contribution >= 0.6 is 0 Å². The molecule has 0 spiro atoms. The summed E-state index contributed by atoms with van der Waals surface area (Å²) in [4.78, 5) is 11.5. The van der Waals surface area contributed by atoms with E-state index in [4.69, 9.17) is 0 Å². The lowest BCUT2D eigenvalue weighted by molar-refractivity contribution is -0.120. The van der Waals surface area contributed by atoms with E-state index in [9.17, 15) is 9.90 Å².